The summed E-state index contributed by atoms with van der Waals surface area (Å²) in [6, 6.07) is 0. The molecule has 0 bridgehead atoms. The van der Waals surface area contributed by atoms with Crippen LogP contribution in [0, 0.1) is 6.92 Å². The van der Waals surface area contributed by atoms with E-state index in [0.717, 1.165) is 10.7 Å². The van der Waals surface area contributed by atoms with Gasteiger partial charge in [-0.05, 0) is 13.3 Å². The van der Waals surface area contributed by atoms with Gasteiger partial charge < -0.3 is 10.7 Å². The molecular formula is C11H14N4OS. The van der Waals surface area contributed by atoms with Crippen molar-refractivity contribution in [2.45, 2.75) is 26.7 Å². The SMILES string of the molecule is CCc1c(N)nc(Cc2nc(C)cs2)[nH]c1=O. The molecule has 0 unspecified atom stereocenters. The normalized spacial score (nSPS) is 10.7. The summed E-state index contributed by atoms with van der Waals surface area (Å²) in [7, 11) is 0. The first-order valence-electron chi connectivity index (χ1n) is 5.38. The molecule has 3 N–H and O–H groups in total. The van der Waals surface area contributed by atoms with Gasteiger partial charge >= 0.3 is 0 Å². The highest BCUT2D eigenvalue weighted by Crippen LogP contribution is 2.12. The number of nitrogen functional groups attached to an aromatic ring is 1. The predicted molar refractivity (Wildman–Crippen MR) is 68.3 cm³/mol. The molecule has 0 saturated heterocycles. The summed E-state index contributed by atoms with van der Waals surface area (Å²) in [5.41, 5.74) is 7.12. The van der Waals surface area contributed by atoms with Crippen LogP contribution in [0.2, 0.25) is 0 Å². The Labute approximate surface area is 103 Å². The van der Waals surface area contributed by atoms with Crippen LogP contribution in [0.3, 0.4) is 0 Å². The van der Waals surface area contributed by atoms with Gasteiger partial charge in [0.2, 0.25) is 0 Å². The van der Waals surface area contributed by atoms with Crippen molar-refractivity contribution < 1.29 is 0 Å². The lowest BCUT2D eigenvalue weighted by molar-refractivity contribution is 0.908. The molecule has 0 atom stereocenters. The van der Waals surface area contributed by atoms with E-state index in [0.29, 0.717) is 30.0 Å². The Hall–Kier alpha value is -1.69. The van der Waals surface area contributed by atoms with Crippen molar-refractivity contribution in [3.63, 3.8) is 0 Å². The third kappa shape index (κ3) is 2.52. The number of rotatable bonds is 3. The number of anilines is 1. The zero-order valence-corrected chi connectivity index (χ0v) is 10.6. The van der Waals surface area contributed by atoms with Crippen LogP contribution in [-0.4, -0.2) is 15.0 Å². The molecule has 2 heterocycles. The number of nitrogens with one attached hydrogen (secondary N) is 1. The number of hydrogen-bond donors (Lipinski definition) is 2. The molecule has 0 radical (unpaired) electrons. The minimum absolute atomic E-state index is 0.150. The highest BCUT2D eigenvalue weighted by molar-refractivity contribution is 7.09. The third-order valence-electron chi connectivity index (χ3n) is 2.44. The van der Waals surface area contributed by atoms with Gasteiger partial charge in [0, 0.05) is 11.1 Å². The standard InChI is InChI=1S/C11H14N4OS/c1-3-7-10(12)14-8(15-11(7)16)4-9-13-6(2)5-17-9/h5H,3-4H2,1-2H3,(H3,12,14,15,16). The van der Waals surface area contributed by atoms with Gasteiger partial charge in [0.1, 0.15) is 16.6 Å². The molecule has 17 heavy (non-hydrogen) atoms. The van der Waals surface area contributed by atoms with Crippen molar-refractivity contribution >= 4 is 17.2 Å². The van der Waals surface area contributed by atoms with E-state index < -0.39 is 0 Å². The molecule has 0 spiro atoms. The van der Waals surface area contributed by atoms with E-state index in [1.54, 1.807) is 11.3 Å². The molecular weight excluding hydrogens is 236 g/mol. The minimum atomic E-state index is -0.150. The van der Waals surface area contributed by atoms with Crippen molar-refractivity contribution in [2.24, 2.45) is 0 Å². The second kappa shape index (κ2) is 4.67. The summed E-state index contributed by atoms with van der Waals surface area (Å²) in [5.74, 6) is 0.888. The maximum Gasteiger partial charge on any atom is 0.256 e. The number of aromatic amines is 1. The van der Waals surface area contributed by atoms with Crippen molar-refractivity contribution in [1.29, 1.82) is 0 Å². The molecule has 0 aromatic carbocycles. The molecule has 2 rings (SSSR count). The number of nitrogens with zero attached hydrogens (tertiary/aromatic N) is 2. The molecule has 6 heteroatoms. The average Bonchev–Trinajstić information content (AvgIpc) is 2.63. The lowest BCUT2D eigenvalue weighted by Crippen LogP contribution is -2.19. The number of aromatic nitrogens is 3. The molecule has 90 valence electrons. The molecule has 0 aliphatic heterocycles. The first-order valence-corrected chi connectivity index (χ1v) is 6.26. The van der Waals surface area contributed by atoms with Gasteiger partial charge in [-0.15, -0.1) is 11.3 Å². The highest BCUT2D eigenvalue weighted by atomic mass is 32.1. The molecule has 0 aliphatic carbocycles. The van der Waals surface area contributed by atoms with Crippen molar-refractivity contribution in [3.8, 4) is 0 Å². The van der Waals surface area contributed by atoms with E-state index in [4.69, 9.17) is 5.73 Å². The van der Waals surface area contributed by atoms with Gasteiger partial charge in [0.25, 0.3) is 5.56 Å². The van der Waals surface area contributed by atoms with Crippen LogP contribution in [0.4, 0.5) is 5.82 Å². The fourth-order valence-electron chi connectivity index (χ4n) is 1.62. The van der Waals surface area contributed by atoms with E-state index >= 15 is 0 Å². The van der Waals surface area contributed by atoms with Gasteiger partial charge in [-0.25, -0.2) is 9.97 Å². The highest BCUT2D eigenvalue weighted by Gasteiger charge is 2.08. The van der Waals surface area contributed by atoms with Gasteiger partial charge in [-0.1, -0.05) is 6.92 Å². The Morgan fingerprint density at radius 2 is 2.24 bits per heavy atom. The number of hydrogen-bond acceptors (Lipinski definition) is 5. The quantitative estimate of drug-likeness (QED) is 0.859. The fourth-order valence-corrected chi connectivity index (χ4v) is 2.39. The summed E-state index contributed by atoms with van der Waals surface area (Å²) in [6.45, 7) is 3.82. The second-order valence-electron chi connectivity index (χ2n) is 3.79. The van der Waals surface area contributed by atoms with Gasteiger partial charge in [0.05, 0.1) is 12.0 Å². The first-order chi connectivity index (χ1) is 8.10. The minimum Gasteiger partial charge on any atom is -0.383 e. The largest absolute Gasteiger partial charge is 0.383 e. The van der Waals surface area contributed by atoms with E-state index in [1.807, 2.05) is 19.2 Å². The van der Waals surface area contributed by atoms with Gasteiger partial charge in [-0.2, -0.15) is 0 Å². The molecule has 0 aliphatic rings. The molecule has 2 aromatic rings. The third-order valence-corrected chi connectivity index (χ3v) is 3.40. The van der Waals surface area contributed by atoms with Crippen LogP contribution in [0.25, 0.3) is 0 Å². The fraction of sp³-hybridized carbons (Fsp3) is 0.364. The van der Waals surface area contributed by atoms with Crippen LogP contribution < -0.4 is 11.3 Å². The molecule has 2 aromatic heterocycles. The Kier molecular flexibility index (Phi) is 3.23. The Morgan fingerprint density at radius 1 is 1.47 bits per heavy atom. The zero-order chi connectivity index (χ0) is 12.4. The van der Waals surface area contributed by atoms with Crippen molar-refractivity contribution in [2.75, 3.05) is 5.73 Å². The maximum atomic E-state index is 11.7. The Morgan fingerprint density at radius 3 is 2.76 bits per heavy atom. The summed E-state index contributed by atoms with van der Waals surface area (Å²) >= 11 is 1.55. The summed E-state index contributed by atoms with van der Waals surface area (Å²) < 4.78 is 0. The number of nitrogens with two attached hydrogens (primary N) is 1. The Balaban J connectivity index is 2.32. The maximum absolute atomic E-state index is 11.7. The van der Waals surface area contributed by atoms with Crippen LogP contribution in [0.15, 0.2) is 10.2 Å². The zero-order valence-electron chi connectivity index (χ0n) is 9.78. The van der Waals surface area contributed by atoms with Crippen LogP contribution in [0.1, 0.15) is 29.0 Å². The van der Waals surface area contributed by atoms with E-state index in [2.05, 4.69) is 15.0 Å². The monoisotopic (exact) mass is 250 g/mol. The van der Waals surface area contributed by atoms with E-state index in [9.17, 15) is 4.79 Å². The van der Waals surface area contributed by atoms with E-state index in [1.165, 1.54) is 0 Å². The van der Waals surface area contributed by atoms with Crippen molar-refractivity contribution in [1.82, 2.24) is 15.0 Å². The van der Waals surface area contributed by atoms with Gasteiger partial charge in [0.15, 0.2) is 0 Å². The second-order valence-corrected chi connectivity index (χ2v) is 4.73. The summed E-state index contributed by atoms with van der Waals surface area (Å²) in [4.78, 5) is 23.0. The Bertz CT molecular complexity index is 587. The van der Waals surface area contributed by atoms with E-state index in [-0.39, 0.29) is 5.56 Å². The van der Waals surface area contributed by atoms with Crippen LogP contribution >= 0.6 is 11.3 Å². The topological polar surface area (TPSA) is 84.7 Å². The summed E-state index contributed by atoms with van der Waals surface area (Å²) in [5, 5.41) is 2.89. The average molecular weight is 250 g/mol. The first kappa shape index (κ1) is 11.8. The van der Waals surface area contributed by atoms with Gasteiger partial charge in [-0.3, -0.25) is 4.79 Å². The van der Waals surface area contributed by atoms with Crippen LogP contribution in [-0.2, 0) is 12.8 Å². The number of H-pyrrole nitrogens is 1. The summed E-state index contributed by atoms with van der Waals surface area (Å²) in [6.07, 6.45) is 1.10. The van der Waals surface area contributed by atoms with Crippen molar-refractivity contribution in [3.05, 3.63) is 37.8 Å². The smallest absolute Gasteiger partial charge is 0.256 e. The number of thiazole rings is 1. The molecule has 5 nitrogen and oxygen atoms in total. The number of aryl methyl sites for hydroxylation is 1. The molecule has 0 saturated carbocycles. The molecule has 0 fully saturated rings. The predicted octanol–water partition coefficient (Wildman–Crippen LogP) is 1.27. The lowest BCUT2D eigenvalue weighted by atomic mass is 10.2. The molecule has 0 amide bonds. The lowest BCUT2D eigenvalue weighted by Gasteiger charge is -2.03. The van der Waals surface area contributed by atoms with Crippen LogP contribution in [0.5, 0.6) is 0 Å².